The van der Waals surface area contributed by atoms with Gasteiger partial charge in [0.25, 0.3) is 20.2 Å². The molecule has 0 N–H and O–H groups in total. The van der Waals surface area contributed by atoms with Crippen LogP contribution in [0.15, 0.2) is 58.3 Å². The Morgan fingerprint density at radius 3 is 1.71 bits per heavy atom. The summed E-state index contributed by atoms with van der Waals surface area (Å²) in [5.41, 5.74) is 1.69. The van der Waals surface area contributed by atoms with E-state index in [1.807, 2.05) is 0 Å². The van der Waals surface area contributed by atoms with Gasteiger partial charge < -0.3 is 9.47 Å². The summed E-state index contributed by atoms with van der Waals surface area (Å²) in [6.45, 7) is 3.44. The number of ether oxygens (including phenoxy) is 2. The van der Waals surface area contributed by atoms with Crippen LogP contribution in [0.4, 0.5) is 0 Å². The predicted molar refractivity (Wildman–Crippen MR) is 106 cm³/mol. The summed E-state index contributed by atoms with van der Waals surface area (Å²) >= 11 is 0. The summed E-state index contributed by atoms with van der Waals surface area (Å²) < 4.78 is 71.6. The van der Waals surface area contributed by atoms with Crippen LogP contribution in [-0.4, -0.2) is 53.8 Å². The number of carbonyl (C=O) groups is 1. The van der Waals surface area contributed by atoms with Gasteiger partial charge in [0.1, 0.15) is 6.10 Å². The van der Waals surface area contributed by atoms with Gasteiger partial charge in [0.05, 0.1) is 16.4 Å². The average molecular weight is 469 g/mol. The molecule has 2 aromatic rings. The molecule has 166 valence electrons. The Morgan fingerprint density at radius 1 is 0.774 bits per heavy atom. The van der Waals surface area contributed by atoms with Crippen molar-refractivity contribution >= 4 is 26.0 Å². The fourth-order valence-electron chi connectivity index (χ4n) is 3.23. The van der Waals surface area contributed by atoms with E-state index in [1.165, 1.54) is 24.3 Å². The first-order valence-electron chi connectivity index (χ1n) is 9.37. The monoisotopic (exact) mass is 468 g/mol. The number of rotatable bonds is 6. The second-order valence-corrected chi connectivity index (χ2v) is 10.5. The van der Waals surface area contributed by atoms with Crippen molar-refractivity contribution in [2.24, 2.45) is 0 Å². The molecular formula is C20H20O9S2. The highest BCUT2D eigenvalue weighted by molar-refractivity contribution is 7.87. The van der Waals surface area contributed by atoms with Gasteiger partial charge >= 0.3 is 0 Å². The maximum Gasteiger partial charge on any atom is 0.297 e. The molecule has 0 aliphatic carbocycles. The highest BCUT2D eigenvalue weighted by Crippen LogP contribution is 2.33. The highest BCUT2D eigenvalue weighted by atomic mass is 32.2. The van der Waals surface area contributed by atoms with Crippen molar-refractivity contribution in [2.75, 3.05) is 6.61 Å². The molecule has 4 rings (SSSR count). The zero-order valence-electron chi connectivity index (χ0n) is 16.6. The largest absolute Gasteiger partial charge is 0.347 e. The Kier molecular flexibility index (Phi) is 5.75. The molecule has 0 aromatic heterocycles. The molecule has 4 atom stereocenters. The fraction of sp³-hybridized carbons (Fsp3) is 0.350. The van der Waals surface area contributed by atoms with E-state index in [9.17, 15) is 21.6 Å². The number of aryl methyl sites for hydroxylation is 2. The third-order valence-corrected chi connectivity index (χ3v) is 7.58. The standard InChI is InChI=1S/C20H20O9S2/c1-12-3-7-14(8-4-12)30(22,23)28-18-16-11-26-20(27-16)19(17(18)21)29-31(24,25)15-9-5-13(2)6-10-15/h3-10,16,18-20H,11H2,1-2H3/t16-,18-,19-,20-/m1/s1. The third kappa shape index (κ3) is 4.43. The molecule has 0 saturated carbocycles. The summed E-state index contributed by atoms with van der Waals surface area (Å²) in [5, 5.41) is 0. The lowest BCUT2D eigenvalue weighted by atomic mass is 10.0. The Labute approximate surface area is 180 Å². The molecule has 9 nitrogen and oxygen atoms in total. The van der Waals surface area contributed by atoms with Crippen molar-refractivity contribution in [1.29, 1.82) is 0 Å². The molecule has 2 aliphatic heterocycles. The van der Waals surface area contributed by atoms with Crippen LogP contribution >= 0.6 is 0 Å². The predicted octanol–water partition coefficient (Wildman–Crippen LogP) is 1.48. The first kappa shape index (κ1) is 22.1. The molecule has 2 aliphatic rings. The van der Waals surface area contributed by atoms with Crippen LogP contribution in [0.3, 0.4) is 0 Å². The van der Waals surface area contributed by atoms with E-state index in [0.29, 0.717) is 0 Å². The average Bonchev–Trinajstić information content (AvgIpc) is 3.16. The number of Topliss-reactive ketones (excluding diaryl/α,β-unsaturated/α-hetero) is 1. The van der Waals surface area contributed by atoms with Gasteiger partial charge in [0.2, 0.25) is 5.78 Å². The van der Waals surface area contributed by atoms with Crippen molar-refractivity contribution in [1.82, 2.24) is 0 Å². The van der Waals surface area contributed by atoms with E-state index in [1.54, 1.807) is 38.1 Å². The first-order valence-corrected chi connectivity index (χ1v) is 12.2. The van der Waals surface area contributed by atoms with Crippen molar-refractivity contribution in [3.63, 3.8) is 0 Å². The lowest BCUT2D eigenvalue weighted by Crippen LogP contribution is -2.54. The molecule has 2 aromatic carbocycles. The molecule has 31 heavy (non-hydrogen) atoms. The van der Waals surface area contributed by atoms with E-state index in [2.05, 4.69) is 0 Å². The zero-order valence-corrected chi connectivity index (χ0v) is 18.3. The Morgan fingerprint density at radius 2 is 1.23 bits per heavy atom. The fourth-order valence-corrected chi connectivity index (χ4v) is 5.34. The first-order chi connectivity index (χ1) is 14.6. The van der Waals surface area contributed by atoms with Gasteiger partial charge in [0, 0.05) is 0 Å². The lowest BCUT2D eigenvalue weighted by Gasteiger charge is -2.31. The van der Waals surface area contributed by atoms with Crippen molar-refractivity contribution in [3.8, 4) is 0 Å². The van der Waals surface area contributed by atoms with Crippen molar-refractivity contribution < 1.29 is 39.5 Å². The van der Waals surface area contributed by atoms with E-state index in [4.69, 9.17) is 17.8 Å². The second kappa shape index (κ2) is 8.08. The van der Waals surface area contributed by atoms with Crippen LogP contribution in [0, 0.1) is 13.8 Å². The summed E-state index contributed by atoms with van der Waals surface area (Å²) in [5.74, 6) is -0.884. The van der Waals surface area contributed by atoms with Crippen LogP contribution in [0.2, 0.25) is 0 Å². The number of benzene rings is 2. The zero-order chi connectivity index (χ0) is 22.4. The molecule has 2 saturated heterocycles. The molecule has 2 heterocycles. The molecule has 2 bridgehead atoms. The second-order valence-electron chi connectivity index (χ2n) is 7.35. The summed E-state index contributed by atoms with van der Waals surface area (Å²) in [7, 11) is -8.66. The SMILES string of the molecule is Cc1ccc(S(=O)(=O)O[C@@H]2C(=O)[C@H](OS(=O)(=O)c3ccc(C)cc3)[C@H]3CO[C@@H]2O3)cc1. The number of fused-ring (bicyclic) bond motifs is 2. The minimum absolute atomic E-state index is 0.142. The van der Waals surface area contributed by atoms with Crippen molar-refractivity contribution in [3.05, 3.63) is 59.7 Å². The van der Waals surface area contributed by atoms with Crippen LogP contribution in [0.1, 0.15) is 11.1 Å². The number of hydrogen-bond acceptors (Lipinski definition) is 9. The van der Waals surface area contributed by atoms with Gasteiger partial charge in [-0.05, 0) is 38.1 Å². The third-order valence-electron chi connectivity index (χ3n) is 4.96. The lowest BCUT2D eigenvalue weighted by molar-refractivity contribution is -0.180. The molecule has 2 fully saturated rings. The molecule has 0 spiro atoms. The Bertz CT molecular complexity index is 1090. The normalized spacial score (nSPS) is 26.2. The summed E-state index contributed by atoms with van der Waals surface area (Å²) in [6, 6.07) is 11.7. The molecule has 11 heteroatoms. The number of ketones is 1. The van der Waals surface area contributed by atoms with Crippen LogP contribution < -0.4 is 0 Å². The van der Waals surface area contributed by atoms with Gasteiger partial charge in [-0.15, -0.1) is 0 Å². The van der Waals surface area contributed by atoms with Crippen LogP contribution in [0.5, 0.6) is 0 Å². The highest BCUT2D eigenvalue weighted by Gasteiger charge is 2.54. The van der Waals surface area contributed by atoms with Gasteiger partial charge in [-0.25, -0.2) is 4.18 Å². The van der Waals surface area contributed by atoms with Gasteiger partial charge in [-0.2, -0.15) is 16.8 Å². The minimum Gasteiger partial charge on any atom is -0.347 e. The topological polar surface area (TPSA) is 122 Å². The summed E-state index contributed by atoms with van der Waals surface area (Å²) in [6.07, 6.45) is -5.59. The van der Waals surface area contributed by atoms with Gasteiger partial charge in [0.15, 0.2) is 18.5 Å². The van der Waals surface area contributed by atoms with E-state index >= 15 is 0 Å². The molecule has 0 unspecified atom stereocenters. The van der Waals surface area contributed by atoms with E-state index < -0.39 is 50.6 Å². The maximum absolute atomic E-state index is 13.0. The molecular weight excluding hydrogens is 448 g/mol. The number of hydrogen-bond donors (Lipinski definition) is 0. The van der Waals surface area contributed by atoms with Crippen LogP contribution in [0.25, 0.3) is 0 Å². The quantitative estimate of drug-likeness (QED) is 0.580. The molecule has 0 radical (unpaired) electrons. The van der Waals surface area contributed by atoms with Crippen molar-refractivity contribution in [2.45, 2.75) is 48.2 Å². The Balaban J connectivity index is 1.58. The maximum atomic E-state index is 13.0. The van der Waals surface area contributed by atoms with E-state index in [0.717, 1.165) is 11.1 Å². The molecule has 0 amide bonds. The Hall–Kier alpha value is -2.15. The van der Waals surface area contributed by atoms with E-state index in [-0.39, 0.29) is 16.4 Å². The van der Waals surface area contributed by atoms with Gasteiger partial charge in [-0.3, -0.25) is 8.98 Å². The smallest absolute Gasteiger partial charge is 0.297 e. The number of carbonyl (C=O) groups excluding carboxylic acids is 1. The van der Waals surface area contributed by atoms with Crippen LogP contribution in [-0.2, 0) is 42.9 Å². The minimum atomic E-state index is -4.34. The van der Waals surface area contributed by atoms with Gasteiger partial charge in [-0.1, -0.05) is 35.4 Å². The summed E-state index contributed by atoms with van der Waals surface area (Å²) in [4.78, 5) is 12.7.